The molecule has 0 bridgehead atoms. The lowest BCUT2D eigenvalue weighted by molar-refractivity contribution is 0.439. The Bertz CT molecular complexity index is 505. The quantitative estimate of drug-likeness (QED) is 0.881. The third kappa shape index (κ3) is 1.99. The molecule has 1 aliphatic carbocycles. The summed E-state index contributed by atoms with van der Waals surface area (Å²) in [6, 6.07) is 1.99. The molecule has 0 radical (unpaired) electrons. The fourth-order valence-electron chi connectivity index (χ4n) is 2.75. The third-order valence-corrected chi connectivity index (χ3v) is 3.90. The van der Waals surface area contributed by atoms with Crippen LogP contribution in [0.5, 0.6) is 0 Å². The Morgan fingerprint density at radius 1 is 1.41 bits per heavy atom. The number of nitrogens with one attached hydrogen (secondary N) is 1. The SMILES string of the molecule is CC1CCCC1CNc1nccn2nccc12. The highest BCUT2D eigenvalue weighted by molar-refractivity contribution is 5.66. The summed E-state index contributed by atoms with van der Waals surface area (Å²) in [7, 11) is 0. The van der Waals surface area contributed by atoms with E-state index in [-0.39, 0.29) is 0 Å². The highest BCUT2D eigenvalue weighted by Crippen LogP contribution is 2.31. The predicted octanol–water partition coefficient (Wildman–Crippen LogP) is 2.58. The van der Waals surface area contributed by atoms with Gasteiger partial charge in [0.2, 0.25) is 0 Å². The van der Waals surface area contributed by atoms with E-state index in [2.05, 4.69) is 22.3 Å². The molecule has 0 aromatic carbocycles. The van der Waals surface area contributed by atoms with Crippen LogP contribution < -0.4 is 5.32 Å². The van der Waals surface area contributed by atoms with Crippen LogP contribution >= 0.6 is 0 Å². The van der Waals surface area contributed by atoms with Crippen molar-refractivity contribution in [2.45, 2.75) is 26.2 Å². The van der Waals surface area contributed by atoms with E-state index < -0.39 is 0 Å². The number of nitrogens with zero attached hydrogens (tertiary/aromatic N) is 3. The van der Waals surface area contributed by atoms with Gasteiger partial charge in [0.05, 0.1) is 6.20 Å². The van der Waals surface area contributed by atoms with E-state index >= 15 is 0 Å². The fourth-order valence-corrected chi connectivity index (χ4v) is 2.75. The molecule has 0 saturated heterocycles. The number of aromatic nitrogens is 3. The van der Waals surface area contributed by atoms with Crippen LogP contribution in [0.2, 0.25) is 0 Å². The molecular weight excluding hydrogens is 212 g/mol. The molecule has 90 valence electrons. The maximum Gasteiger partial charge on any atom is 0.152 e. The van der Waals surface area contributed by atoms with Gasteiger partial charge in [-0.25, -0.2) is 9.50 Å². The van der Waals surface area contributed by atoms with Crippen molar-refractivity contribution in [2.24, 2.45) is 11.8 Å². The first kappa shape index (κ1) is 10.6. The molecule has 2 heterocycles. The van der Waals surface area contributed by atoms with Gasteiger partial charge in [0.15, 0.2) is 5.82 Å². The Hall–Kier alpha value is -1.58. The minimum absolute atomic E-state index is 0.792. The zero-order chi connectivity index (χ0) is 11.7. The van der Waals surface area contributed by atoms with Gasteiger partial charge in [0.25, 0.3) is 0 Å². The molecule has 1 aliphatic rings. The first-order valence-electron chi connectivity index (χ1n) is 6.37. The van der Waals surface area contributed by atoms with Crippen molar-refractivity contribution in [2.75, 3.05) is 11.9 Å². The van der Waals surface area contributed by atoms with Gasteiger partial charge in [-0.3, -0.25) is 0 Å². The van der Waals surface area contributed by atoms with Gasteiger partial charge in [-0.15, -0.1) is 0 Å². The largest absolute Gasteiger partial charge is 0.368 e. The van der Waals surface area contributed by atoms with E-state index in [9.17, 15) is 0 Å². The van der Waals surface area contributed by atoms with Gasteiger partial charge in [-0.05, 0) is 24.3 Å². The first-order chi connectivity index (χ1) is 8.34. The molecule has 17 heavy (non-hydrogen) atoms. The van der Waals surface area contributed by atoms with E-state index in [0.29, 0.717) is 0 Å². The van der Waals surface area contributed by atoms with Gasteiger partial charge < -0.3 is 5.32 Å². The number of rotatable bonds is 3. The second-order valence-electron chi connectivity index (χ2n) is 4.99. The fraction of sp³-hybridized carbons (Fsp3) is 0.538. The van der Waals surface area contributed by atoms with Crippen LogP contribution in [0.4, 0.5) is 5.82 Å². The molecule has 0 amide bonds. The molecule has 1 fully saturated rings. The molecule has 0 aliphatic heterocycles. The minimum Gasteiger partial charge on any atom is -0.368 e. The van der Waals surface area contributed by atoms with Crippen LogP contribution in [-0.4, -0.2) is 21.1 Å². The van der Waals surface area contributed by atoms with E-state index in [1.807, 2.05) is 16.8 Å². The highest BCUT2D eigenvalue weighted by Gasteiger charge is 2.23. The van der Waals surface area contributed by atoms with Gasteiger partial charge in [0.1, 0.15) is 5.52 Å². The Labute approximate surface area is 101 Å². The molecule has 0 spiro atoms. The van der Waals surface area contributed by atoms with Gasteiger partial charge in [-0.2, -0.15) is 5.10 Å². The van der Waals surface area contributed by atoms with Crippen LogP contribution in [0, 0.1) is 11.8 Å². The van der Waals surface area contributed by atoms with E-state index in [4.69, 9.17) is 0 Å². The normalized spacial score (nSPS) is 24.3. The zero-order valence-electron chi connectivity index (χ0n) is 10.1. The van der Waals surface area contributed by atoms with Crippen molar-refractivity contribution in [1.29, 1.82) is 0 Å². The summed E-state index contributed by atoms with van der Waals surface area (Å²) in [6.45, 7) is 3.38. The monoisotopic (exact) mass is 230 g/mol. The van der Waals surface area contributed by atoms with Gasteiger partial charge >= 0.3 is 0 Å². The zero-order valence-corrected chi connectivity index (χ0v) is 10.1. The summed E-state index contributed by atoms with van der Waals surface area (Å²) < 4.78 is 1.85. The third-order valence-electron chi connectivity index (χ3n) is 3.90. The summed E-state index contributed by atoms with van der Waals surface area (Å²) in [5.74, 6) is 2.58. The second kappa shape index (κ2) is 4.35. The number of hydrogen-bond acceptors (Lipinski definition) is 3. The molecule has 2 aromatic heterocycles. The number of anilines is 1. The molecule has 2 atom stereocenters. The smallest absolute Gasteiger partial charge is 0.152 e. The van der Waals surface area contributed by atoms with Gasteiger partial charge in [-0.1, -0.05) is 19.8 Å². The molecule has 2 unspecified atom stereocenters. The molecule has 1 N–H and O–H groups in total. The standard InChI is InChI=1S/C13H18N4/c1-10-3-2-4-11(10)9-15-13-12-5-6-16-17(12)8-7-14-13/h5-8,10-11H,2-4,9H2,1H3,(H,14,15). The lowest BCUT2D eigenvalue weighted by atomic mass is 9.98. The molecule has 2 aromatic rings. The van der Waals surface area contributed by atoms with Crippen molar-refractivity contribution in [3.63, 3.8) is 0 Å². The maximum atomic E-state index is 4.39. The lowest BCUT2D eigenvalue weighted by Gasteiger charge is -2.16. The Morgan fingerprint density at radius 2 is 2.35 bits per heavy atom. The summed E-state index contributed by atoms with van der Waals surface area (Å²) in [5.41, 5.74) is 1.05. The summed E-state index contributed by atoms with van der Waals surface area (Å²) >= 11 is 0. The van der Waals surface area contributed by atoms with E-state index in [1.54, 1.807) is 12.4 Å². The second-order valence-corrected chi connectivity index (χ2v) is 4.99. The number of hydrogen-bond donors (Lipinski definition) is 1. The molecular formula is C13H18N4. The number of fused-ring (bicyclic) bond motifs is 1. The van der Waals surface area contributed by atoms with E-state index in [1.165, 1.54) is 19.3 Å². The Kier molecular flexibility index (Phi) is 2.71. The van der Waals surface area contributed by atoms with Crippen molar-refractivity contribution < 1.29 is 0 Å². The average Bonchev–Trinajstić information content (AvgIpc) is 2.95. The van der Waals surface area contributed by atoms with Crippen molar-refractivity contribution in [3.8, 4) is 0 Å². The molecule has 4 nitrogen and oxygen atoms in total. The van der Waals surface area contributed by atoms with Crippen LogP contribution in [0.1, 0.15) is 26.2 Å². The minimum atomic E-state index is 0.792. The van der Waals surface area contributed by atoms with Crippen LogP contribution in [0.3, 0.4) is 0 Å². The van der Waals surface area contributed by atoms with Crippen LogP contribution in [0.25, 0.3) is 5.52 Å². The summed E-state index contributed by atoms with van der Waals surface area (Å²) in [4.78, 5) is 4.39. The maximum absolute atomic E-state index is 4.39. The van der Waals surface area contributed by atoms with Crippen LogP contribution in [0.15, 0.2) is 24.7 Å². The lowest BCUT2D eigenvalue weighted by Crippen LogP contribution is -2.17. The molecule has 4 heteroatoms. The summed E-state index contributed by atoms with van der Waals surface area (Å²) in [6.07, 6.45) is 9.56. The predicted molar refractivity (Wildman–Crippen MR) is 68.0 cm³/mol. The van der Waals surface area contributed by atoms with Gasteiger partial charge in [0, 0.05) is 18.9 Å². The molecule has 1 saturated carbocycles. The van der Waals surface area contributed by atoms with Crippen molar-refractivity contribution >= 4 is 11.3 Å². The van der Waals surface area contributed by atoms with E-state index in [0.717, 1.165) is 29.7 Å². The van der Waals surface area contributed by atoms with Crippen LogP contribution in [-0.2, 0) is 0 Å². The average molecular weight is 230 g/mol. The Morgan fingerprint density at radius 3 is 3.18 bits per heavy atom. The summed E-state index contributed by atoms with van der Waals surface area (Å²) in [5, 5.41) is 7.68. The molecule has 3 rings (SSSR count). The van der Waals surface area contributed by atoms with Crippen molar-refractivity contribution in [3.05, 3.63) is 24.7 Å². The highest BCUT2D eigenvalue weighted by atomic mass is 15.2. The Balaban J connectivity index is 1.74. The first-order valence-corrected chi connectivity index (χ1v) is 6.37. The topological polar surface area (TPSA) is 42.2 Å². The van der Waals surface area contributed by atoms with Crippen molar-refractivity contribution in [1.82, 2.24) is 14.6 Å².